The van der Waals surface area contributed by atoms with Gasteiger partial charge < -0.3 is 10.1 Å². The van der Waals surface area contributed by atoms with Gasteiger partial charge in [-0.3, -0.25) is 4.79 Å². The van der Waals surface area contributed by atoms with Crippen molar-refractivity contribution in [2.45, 2.75) is 136 Å². The van der Waals surface area contributed by atoms with Gasteiger partial charge in [0.05, 0.1) is 0 Å². The molecule has 0 aromatic heterocycles. The maximum atomic E-state index is 12.2. The third kappa shape index (κ3) is 20.0. The zero-order valence-corrected chi connectivity index (χ0v) is 18.8. The van der Waals surface area contributed by atoms with Crippen molar-refractivity contribution in [3.05, 3.63) is 0 Å². The second-order valence-electron chi connectivity index (χ2n) is 8.14. The van der Waals surface area contributed by atoms with Gasteiger partial charge in [0, 0.05) is 6.42 Å². The van der Waals surface area contributed by atoms with Gasteiger partial charge in [-0.1, -0.05) is 84.5 Å². The average molecular weight is 384 g/mol. The lowest BCUT2D eigenvalue weighted by molar-refractivity contribution is -0.150. The number of ether oxygens (including phenoxy) is 1. The summed E-state index contributed by atoms with van der Waals surface area (Å²) < 4.78 is 5.85. The summed E-state index contributed by atoms with van der Waals surface area (Å²) in [4.78, 5) is 12.2. The van der Waals surface area contributed by atoms with E-state index in [1.54, 1.807) is 0 Å². The van der Waals surface area contributed by atoms with Crippen LogP contribution in [0.25, 0.3) is 0 Å². The second-order valence-corrected chi connectivity index (χ2v) is 8.14. The van der Waals surface area contributed by atoms with E-state index in [0.29, 0.717) is 6.42 Å². The van der Waals surface area contributed by atoms with E-state index in [2.05, 4.69) is 19.2 Å². The van der Waals surface area contributed by atoms with Crippen molar-refractivity contribution < 1.29 is 9.53 Å². The summed E-state index contributed by atoms with van der Waals surface area (Å²) in [5.74, 6) is 0.0386. The Labute approximate surface area is 170 Å². The van der Waals surface area contributed by atoms with Crippen LogP contribution in [0.5, 0.6) is 0 Å². The van der Waals surface area contributed by atoms with Gasteiger partial charge in [0.2, 0.25) is 0 Å². The second kappa shape index (κ2) is 21.7. The molecule has 1 N–H and O–H groups in total. The Morgan fingerprint density at radius 2 is 1.19 bits per heavy atom. The van der Waals surface area contributed by atoms with Gasteiger partial charge in [-0.25, -0.2) is 0 Å². The van der Waals surface area contributed by atoms with Gasteiger partial charge >= 0.3 is 5.97 Å². The molecule has 0 amide bonds. The number of rotatable bonds is 21. The zero-order chi connectivity index (χ0) is 20.0. The quantitative estimate of drug-likeness (QED) is 0.168. The fraction of sp³-hybridized carbons (Fsp3) is 0.958. The van der Waals surface area contributed by atoms with E-state index in [-0.39, 0.29) is 12.1 Å². The minimum Gasteiger partial charge on any atom is -0.462 e. The molecule has 0 aliphatic heterocycles. The van der Waals surface area contributed by atoms with Gasteiger partial charge in [-0.05, 0) is 52.1 Å². The summed E-state index contributed by atoms with van der Waals surface area (Å²) >= 11 is 0. The third-order valence-electron chi connectivity index (χ3n) is 5.37. The fourth-order valence-corrected chi connectivity index (χ4v) is 3.56. The Bertz CT molecular complexity index is 307. The lowest BCUT2D eigenvalue weighted by atomic mass is 10.0. The smallest absolute Gasteiger partial charge is 0.306 e. The lowest BCUT2D eigenvalue weighted by Crippen LogP contribution is -2.18. The van der Waals surface area contributed by atoms with E-state index in [0.717, 1.165) is 32.2 Å². The summed E-state index contributed by atoms with van der Waals surface area (Å²) in [7, 11) is 2.00. The predicted molar refractivity (Wildman–Crippen MR) is 118 cm³/mol. The highest BCUT2D eigenvalue weighted by atomic mass is 16.5. The maximum Gasteiger partial charge on any atom is 0.306 e. The summed E-state index contributed by atoms with van der Waals surface area (Å²) in [6.07, 6.45) is 21.6. The predicted octanol–water partition coefficient (Wildman–Crippen LogP) is 7.18. The zero-order valence-electron chi connectivity index (χ0n) is 18.8. The first kappa shape index (κ1) is 26.4. The molecule has 3 nitrogen and oxygen atoms in total. The molecule has 27 heavy (non-hydrogen) atoms. The number of nitrogens with one attached hydrogen (secondary N) is 1. The van der Waals surface area contributed by atoms with Crippen molar-refractivity contribution in [2.24, 2.45) is 0 Å². The SMILES string of the molecule is CCCCCCCCC(CCCCCC)OC(=O)CCCCCCCNC. The monoisotopic (exact) mass is 383 g/mol. The van der Waals surface area contributed by atoms with Crippen molar-refractivity contribution >= 4 is 5.97 Å². The van der Waals surface area contributed by atoms with Gasteiger partial charge in [-0.15, -0.1) is 0 Å². The van der Waals surface area contributed by atoms with Crippen molar-refractivity contribution in [3.8, 4) is 0 Å². The summed E-state index contributed by atoms with van der Waals surface area (Å²) in [6, 6.07) is 0. The van der Waals surface area contributed by atoms with Crippen LogP contribution in [0.15, 0.2) is 0 Å². The summed E-state index contributed by atoms with van der Waals surface area (Å²) in [6.45, 7) is 5.60. The molecule has 0 fully saturated rings. The minimum absolute atomic E-state index is 0.0386. The Kier molecular flexibility index (Phi) is 21.3. The molecule has 1 atom stereocenters. The molecule has 0 bridgehead atoms. The largest absolute Gasteiger partial charge is 0.462 e. The van der Waals surface area contributed by atoms with Gasteiger partial charge in [0.1, 0.15) is 6.10 Å². The summed E-state index contributed by atoms with van der Waals surface area (Å²) in [5.41, 5.74) is 0. The molecule has 0 saturated carbocycles. The number of esters is 1. The molecule has 0 aromatic carbocycles. The molecule has 0 rings (SSSR count). The van der Waals surface area contributed by atoms with Crippen molar-refractivity contribution in [3.63, 3.8) is 0 Å². The van der Waals surface area contributed by atoms with Crippen LogP contribution in [-0.2, 0) is 9.53 Å². The first-order valence-corrected chi connectivity index (χ1v) is 12.1. The molecule has 0 saturated heterocycles. The average Bonchev–Trinajstić information content (AvgIpc) is 2.67. The molecule has 162 valence electrons. The van der Waals surface area contributed by atoms with Crippen LogP contribution in [-0.4, -0.2) is 25.7 Å². The van der Waals surface area contributed by atoms with Crippen LogP contribution in [0.3, 0.4) is 0 Å². The number of hydrogen-bond donors (Lipinski definition) is 1. The molecular formula is C24H49NO2. The molecule has 0 aromatic rings. The van der Waals surface area contributed by atoms with E-state index in [9.17, 15) is 4.79 Å². The Balaban J connectivity index is 3.91. The molecule has 0 heterocycles. The lowest BCUT2D eigenvalue weighted by Gasteiger charge is -2.18. The minimum atomic E-state index is 0.0386. The van der Waals surface area contributed by atoms with Crippen molar-refractivity contribution in [1.82, 2.24) is 5.32 Å². The summed E-state index contributed by atoms with van der Waals surface area (Å²) in [5, 5.41) is 3.18. The maximum absolute atomic E-state index is 12.2. The normalized spacial score (nSPS) is 12.3. The first-order chi connectivity index (χ1) is 13.2. The number of carbonyl (C=O) groups excluding carboxylic acids is 1. The van der Waals surface area contributed by atoms with Crippen LogP contribution in [0.4, 0.5) is 0 Å². The number of carbonyl (C=O) groups is 1. The van der Waals surface area contributed by atoms with Gasteiger partial charge in [0.15, 0.2) is 0 Å². The molecule has 3 heteroatoms. The van der Waals surface area contributed by atoms with E-state index in [1.807, 2.05) is 7.05 Å². The Morgan fingerprint density at radius 3 is 1.78 bits per heavy atom. The van der Waals surface area contributed by atoms with Crippen LogP contribution >= 0.6 is 0 Å². The molecule has 1 unspecified atom stereocenters. The van der Waals surface area contributed by atoms with E-state index >= 15 is 0 Å². The van der Waals surface area contributed by atoms with Crippen molar-refractivity contribution in [1.29, 1.82) is 0 Å². The van der Waals surface area contributed by atoms with Gasteiger partial charge in [-0.2, -0.15) is 0 Å². The highest BCUT2D eigenvalue weighted by molar-refractivity contribution is 5.69. The molecular weight excluding hydrogens is 334 g/mol. The molecule has 0 spiro atoms. The highest BCUT2D eigenvalue weighted by Crippen LogP contribution is 2.17. The van der Waals surface area contributed by atoms with Crippen LogP contribution < -0.4 is 5.32 Å². The van der Waals surface area contributed by atoms with Crippen molar-refractivity contribution in [2.75, 3.05) is 13.6 Å². The number of unbranched alkanes of at least 4 members (excludes halogenated alkanes) is 12. The molecule has 0 aliphatic carbocycles. The topological polar surface area (TPSA) is 38.3 Å². The van der Waals surface area contributed by atoms with Crippen LogP contribution in [0.2, 0.25) is 0 Å². The fourth-order valence-electron chi connectivity index (χ4n) is 3.56. The van der Waals surface area contributed by atoms with Crippen LogP contribution in [0.1, 0.15) is 129 Å². The Morgan fingerprint density at radius 1 is 0.704 bits per heavy atom. The standard InChI is InChI=1S/C24H49NO2/c1-4-6-8-10-12-16-20-23(19-15-9-7-5-2)27-24(26)21-17-13-11-14-18-22-25-3/h23,25H,4-22H2,1-3H3. The first-order valence-electron chi connectivity index (χ1n) is 12.1. The Hall–Kier alpha value is -0.570. The van der Waals surface area contributed by atoms with E-state index < -0.39 is 0 Å². The molecule has 0 aliphatic rings. The van der Waals surface area contributed by atoms with E-state index in [4.69, 9.17) is 4.74 Å². The molecule has 0 radical (unpaired) electrons. The number of hydrogen-bond acceptors (Lipinski definition) is 3. The van der Waals surface area contributed by atoms with Crippen LogP contribution in [0, 0.1) is 0 Å². The third-order valence-corrected chi connectivity index (χ3v) is 5.37. The highest BCUT2D eigenvalue weighted by Gasteiger charge is 2.14. The van der Waals surface area contributed by atoms with Gasteiger partial charge in [0.25, 0.3) is 0 Å². The van der Waals surface area contributed by atoms with E-state index in [1.165, 1.54) is 83.5 Å².